The van der Waals surface area contributed by atoms with Gasteiger partial charge in [-0.3, -0.25) is 9.55 Å². The molecule has 0 unspecified atom stereocenters. The molecule has 3 heterocycles. The first-order valence-electron chi connectivity index (χ1n) is 14.4. The number of ether oxygens (including phenoxy) is 3. The predicted octanol–water partition coefficient (Wildman–Crippen LogP) is 7.63. The first-order chi connectivity index (χ1) is 21.9. The maximum atomic E-state index is 13.0. The van der Waals surface area contributed by atoms with E-state index in [1.165, 1.54) is 5.82 Å². The van der Waals surface area contributed by atoms with Crippen LogP contribution in [0.2, 0.25) is 0 Å². The van der Waals surface area contributed by atoms with Gasteiger partial charge in [0.15, 0.2) is 11.5 Å². The fourth-order valence-corrected chi connectivity index (χ4v) is 5.67. The number of pyridine rings is 1. The molecule has 0 bridgehead atoms. The van der Waals surface area contributed by atoms with Gasteiger partial charge in [0.2, 0.25) is 11.8 Å². The summed E-state index contributed by atoms with van der Waals surface area (Å²) in [4.78, 5) is 8.70. The zero-order chi connectivity index (χ0) is 31.6. The lowest BCUT2D eigenvalue weighted by Crippen LogP contribution is -2.02. The van der Waals surface area contributed by atoms with Gasteiger partial charge in [0.25, 0.3) is 0 Å². The Balaban J connectivity index is 1.31. The van der Waals surface area contributed by atoms with Crippen molar-refractivity contribution in [2.75, 3.05) is 20.3 Å². The minimum atomic E-state index is -3.42. The van der Waals surface area contributed by atoms with Gasteiger partial charge in [0.05, 0.1) is 37.1 Å². The summed E-state index contributed by atoms with van der Waals surface area (Å²) in [5.74, 6) is 4.02. The number of oxazole rings is 1. The van der Waals surface area contributed by atoms with Crippen LogP contribution in [0.5, 0.6) is 17.4 Å². The molecular formula is C33H35N4O7P. The minimum Gasteiger partial charge on any atom is -0.493 e. The molecule has 0 fully saturated rings. The van der Waals surface area contributed by atoms with E-state index in [1.54, 1.807) is 50.3 Å². The van der Waals surface area contributed by atoms with Gasteiger partial charge >= 0.3 is 7.60 Å². The van der Waals surface area contributed by atoms with Crippen LogP contribution in [0, 0.1) is 6.92 Å². The van der Waals surface area contributed by atoms with Gasteiger partial charge in [-0.25, -0.2) is 9.67 Å². The molecule has 12 heteroatoms. The van der Waals surface area contributed by atoms with E-state index in [2.05, 4.69) is 15.1 Å². The monoisotopic (exact) mass is 630 g/mol. The molecule has 0 aliphatic heterocycles. The van der Waals surface area contributed by atoms with Crippen molar-refractivity contribution in [1.29, 1.82) is 0 Å². The first kappa shape index (κ1) is 31.7. The third-order valence-corrected chi connectivity index (χ3v) is 8.30. The summed E-state index contributed by atoms with van der Waals surface area (Å²) in [5, 5.41) is 4.64. The molecule has 0 spiro atoms. The van der Waals surface area contributed by atoms with Crippen LogP contribution in [0.15, 0.2) is 89.5 Å². The van der Waals surface area contributed by atoms with Crippen molar-refractivity contribution >= 4 is 13.7 Å². The van der Waals surface area contributed by atoms with Crippen molar-refractivity contribution < 1.29 is 32.2 Å². The van der Waals surface area contributed by atoms with Crippen molar-refractivity contribution in [2.24, 2.45) is 0 Å². The van der Waals surface area contributed by atoms with Crippen LogP contribution >= 0.6 is 7.60 Å². The summed E-state index contributed by atoms with van der Waals surface area (Å²) in [6, 6.07) is 18.9. The number of aromatic nitrogens is 4. The van der Waals surface area contributed by atoms with Crippen molar-refractivity contribution in [2.45, 2.75) is 34.0 Å². The zero-order valence-electron chi connectivity index (χ0n) is 25.6. The average Bonchev–Trinajstić information content (AvgIpc) is 3.66. The molecule has 0 aliphatic carbocycles. The molecule has 2 aromatic carbocycles. The number of hydrogen-bond acceptors (Lipinski definition) is 10. The van der Waals surface area contributed by atoms with Gasteiger partial charge in [-0.2, -0.15) is 0 Å². The highest BCUT2D eigenvalue weighted by Gasteiger charge is 2.20. The number of methoxy groups -OCH3 is 1. The Kier molecular flexibility index (Phi) is 10.5. The van der Waals surface area contributed by atoms with E-state index < -0.39 is 7.60 Å². The lowest BCUT2D eigenvalue weighted by Gasteiger charge is -2.13. The molecule has 0 radical (unpaired) electrons. The molecule has 0 amide bonds. The number of nitrogens with zero attached hydrogens (tertiary/aromatic N) is 4. The Morgan fingerprint density at radius 1 is 0.956 bits per heavy atom. The zero-order valence-corrected chi connectivity index (χ0v) is 26.5. The van der Waals surface area contributed by atoms with E-state index >= 15 is 0 Å². The Hall–Kier alpha value is -4.70. The summed E-state index contributed by atoms with van der Waals surface area (Å²) in [6.45, 7) is 6.26. The van der Waals surface area contributed by atoms with E-state index in [0.717, 1.165) is 16.8 Å². The molecule has 0 N–H and O–H groups in total. The Labute approximate surface area is 261 Å². The van der Waals surface area contributed by atoms with Gasteiger partial charge in [-0.05, 0) is 68.8 Å². The smallest absolute Gasteiger partial charge is 0.354 e. The lowest BCUT2D eigenvalue weighted by atomic mass is 10.2. The van der Waals surface area contributed by atoms with Crippen LogP contribution in [0.25, 0.3) is 23.2 Å². The minimum absolute atomic E-state index is 0.189. The highest BCUT2D eigenvalue weighted by molar-refractivity contribution is 7.57. The Morgan fingerprint density at radius 3 is 2.47 bits per heavy atom. The van der Waals surface area contributed by atoms with E-state index in [1.807, 2.05) is 67.6 Å². The number of hydrogen-bond donors (Lipinski definition) is 0. The van der Waals surface area contributed by atoms with Gasteiger partial charge in [0, 0.05) is 24.4 Å². The van der Waals surface area contributed by atoms with Crippen molar-refractivity contribution in [3.05, 3.63) is 108 Å². The highest BCUT2D eigenvalue weighted by atomic mass is 31.2. The van der Waals surface area contributed by atoms with Gasteiger partial charge in [-0.1, -0.05) is 24.3 Å². The maximum absolute atomic E-state index is 13.0. The van der Waals surface area contributed by atoms with E-state index in [-0.39, 0.29) is 26.4 Å². The highest BCUT2D eigenvalue weighted by Crippen LogP contribution is 2.50. The Morgan fingerprint density at radius 2 is 1.76 bits per heavy atom. The summed E-state index contributed by atoms with van der Waals surface area (Å²) in [7, 11) is -1.85. The second-order valence-corrected chi connectivity index (χ2v) is 11.6. The largest absolute Gasteiger partial charge is 0.493 e. The molecule has 0 atom stereocenters. The third-order valence-electron chi connectivity index (χ3n) is 6.55. The molecule has 0 saturated heterocycles. The first-order valence-corrected chi connectivity index (χ1v) is 16.0. The fraction of sp³-hybridized carbons (Fsp3) is 0.242. The average molecular weight is 631 g/mol. The van der Waals surface area contributed by atoms with Crippen LogP contribution in [0.1, 0.15) is 36.4 Å². The topological polar surface area (TPSA) is 120 Å². The molecule has 3 aromatic heterocycles. The SMILES string of the molecule is CCOP(=O)(C=Cc1cn(-c2ccccc2)nc1OCc1ccc(OCc2nc(-c3cccnc3)oc2C)c(OC)c1)OCC. The van der Waals surface area contributed by atoms with Gasteiger partial charge in [0.1, 0.15) is 24.7 Å². The second kappa shape index (κ2) is 14.9. The van der Waals surface area contributed by atoms with Crippen molar-refractivity contribution in [3.63, 3.8) is 0 Å². The van der Waals surface area contributed by atoms with Crippen LogP contribution in [0.3, 0.4) is 0 Å². The molecule has 5 aromatic rings. The summed E-state index contributed by atoms with van der Waals surface area (Å²) < 4.78 is 49.2. The normalized spacial score (nSPS) is 11.6. The third kappa shape index (κ3) is 8.07. The maximum Gasteiger partial charge on any atom is 0.354 e. The fourth-order valence-electron chi connectivity index (χ4n) is 4.36. The predicted molar refractivity (Wildman–Crippen MR) is 170 cm³/mol. The number of rotatable bonds is 15. The Bertz CT molecular complexity index is 1760. The number of benzene rings is 2. The van der Waals surface area contributed by atoms with E-state index in [4.69, 9.17) is 27.7 Å². The molecule has 0 aliphatic rings. The molecule has 0 saturated carbocycles. The number of aryl methyl sites for hydroxylation is 1. The molecule has 5 rings (SSSR count). The molecule has 11 nitrogen and oxygen atoms in total. The van der Waals surface area contributed by atoms with Crippen molar-refractivity contribution in [1.82, 2.24) is 19.7 Å². The van der Waals surface area contributed by atoms with Crippen LogP contribution < -0.4 is 14.2 Å². The van der Waals surface area contributed by atoms with E-state index in [9.17, 15) is 4.57 Å². The summed E-state index contributed by atoms with van der Waals surface area (Å²) >= 11 is 0. The lowest BCUT2D eigenvalue weighted by molar-refractivity contribution is 0.229. The van der Waals surface area contributed by atoms with Crippen LogP contribution in [0.4, 0.5) is 0 Å². The van der Waals surface area contributed by atoms with Gasteiger partial charge < -0.3 is 27.7 Å². The van der Waals surface area contributed by atoms with Crippen LogP contribution in [-0.2, 0) is 26.8 Å². The summed E-state index contributed by atoms with van der Waals surface area (Å²) in [5.41, 5.74) is 3.75. The summed E-state index contributed by atoms with van der Waals surface area (Å²) in [6.07, 6.45) is 6.85. The quantitative estimate of drug-likeness (QED) is 0.107. The van der Waals surface area contributed by atoms with Crippen LogP contribution in [-0.4, -0.2) is 40.1 Å². The molecule has 45 heavy (non-hydrogen) atoms. The standard InChI is InChI=1S/C33H35N4O7P/c1-5-42-45(38,43-6-2)18-16-27-21-37(28-12-8-7-9-13-28)36-33(27)41-22-25-14-15-30(31(19-25)39-4)40-23-29-24(3)44-32(35-29)26-11-10-17-34-20-26/h7-21H,5-6,22-23H2,1-4H3. The number of para-hydroxylation sites is 1. The second-order valence-electron chi connectivity index (χ2n) is 9.69. The molecule has 234 valence electrons. The van der Waals surface area contributed by atoms with Crippen molar-refractivity contribution in [3.8, 4) is 34.5 Å². The van der Waals surface area contributed by atoms with Gasteiger partial charge in [-0.15, -0.1) is 5.10 Å². The molecular weight excluding hydrogens is 595 g/mol. The van der Waals surface area contributed by atoms with E-state index in [0.29, 0.717) is 40.3 Å².